The lowest BCUT2D eigenvalue weighted by Gasteiger charge is -2.20. The van der Waals surface area contributed by atoms with Crippen LogP contribution >= 0.6 is 0 Å². The first-order valence-electron chi connectivity index (χ1n) is 11.8. The maximum atomic E-state index is 15.5. The average molecular weight is 525 g/mol. The number of fused-ring (bicyclic) bond motifs is 1. The van der Waals surface area contributed by atoms with Gasteiger partial charge in [0.25, 0.3) is 5.91 Å². The number of rotatable bonds is 6. The Morgan fingerprint density at radius 3 is 2.30 bits per heavy atom. The molecule has 1 saturated carbocycles. The molecular weight excluding hydrogens is 498 g/mol. The van der Waals surface area contributed by atoms with Crippen LogP contribution in [0, 0.1) is 11.6 Å². The van der Waals surface area contributed by atoms with Gasteiger partial charge in [-0.2, -0.15) is 0 Å². The number of hydrogen-bond acceptors (Lipinski definition) is 4. The predicted octanol–water partition coefficient (Wildman–Crippen LogP) is 5.49. The number of nitrogens with zero attached hydrogens (tertiary/aromatic N) is 2. The van der Waals surface area contributed by atoms with Crippen molar-refractivity contribution in [2.24, 2.45) is 5.73 Å². The number of nitrogens with one attached hydrogen (secondary N) is 1. The van der Waals surface area contributed by atoms with Crippen LogP contribution in [-0.4, -0.2) is 28.6 Å². The number of anilines is 1. The molecule has 0 atom stereocenters. The summed E-state index contributed by atoms with van der Waals surface area (Å²) in [4.78, 5) is 17.0. The van der Waals surface area contributed by atoms with Crippen LogP contribution in [0.5, 0.6) is 0 Å². The Morgan fingerprint density at radius 2 is 1.76 bits per heavy atom. The summed E-state index contributed by atoms with van der Waals surface area (Å²) in [5.41, 5.74) is 8.17. The standard InChI is InChI=1S/C27H26F2N4O3S/c1-27(2,3)37(35,36)32-22-11-6-16(14-31-22)25-24(26(30)34)23-20(29)12-17(15-4-5-15)13-21(23)33(25)19-9-7-18(28)8-10-19/h6-15H,4-5H2,1-3H3,(H2,30,34)(H,31,32). The molecule has 4 aromatic rings. The van der Waals surface area contributed by atoms with Gasteiger partial charge in [0.2, 0.25) is 10.0 Å². The van der Waals surface area contributed by atoms with Crippen molar-refractivity contribution in [2.75, 3.05) is 4.72 Å². The second kappa shape index (κ2) is 8.65. The number of carbonyl (C=O) groups is 1. The predicted molar refractivity (Wildman–Crippen MR) is 139 cm³/mol. The fraction of sp³-hybridized carbons (Fsp3) is 0.259. The molecule has 2 aromatic carbocycles. The highest BCUT2D eigenvalue weighted by Gasteiger charge is 2.31. The van der Waals surface area contributed by atoms with Gasteiger partial charge in [-0.05, 0) is 93.6 Å². The number of primary amides is 1. The van der Waals surface area contributed by atoms with E-state index in [1.54, 1.807) is 31.4 Å². The molecule has 2 aromatic heterocycles. The third kappa shape index (κ3) is 4.46. The molecular formula is C27H26F2N4O3S. The SMILES string of the molecule is CC(C)(C)S(=O)(=O)Nc1ccc(-c2c(C(N)=O)c3c(F)cc(C4CC4)cc3n2-c2ccc(F)cc2)cn1. The quantitative estimate of drug-likeness (QED) is 0.348. The summed E-state index contributed by atoms with van der Waals surface area (Å²) in [6.07, 6.45) is 3.29. The molecule has 2 heterocycles. The molecule has 1 amide bonds. The molecule has 0 spiro atoms. The second-order valence-corrected chi connectivity index (χ2v) is 12.7. The number of halogens is 2. The summed E-state index contributed by atoms with van der Waals surface area (Å²) in [5, 5.41) is 0.0636. The molecule has 37 heavy (non-hydrogen) atoms. The first-order valence-corrected chi connectivity index (χ1v) is 13.3. The maximum Gasteiger partial charge on any atom is 0.251 e. The van der Waals surface area contributed by atoms with Gasteiger partial charge in [-0.15, -0.1) is 0 Å². The monoisotopic (exact) mass is 524 g/mol. The van der Waals surface area contributed by atoms with Gasteiger partial charge < -0.3 is 10.3 Å². The lowest BCUT2D eigenvalue weighted by molar-refractivity contribution is 0.100. The highest BCUT2D eigenvalue weighted by molar-refractivity contribution is 7.94. The molecule has 0 radical (unpaired) electrons. The third-order valence-corrected chi connectivity index (χ3v) is 8.60. The summed E-state index contributed by atoms with van der Waals surface area (Å²) < 4.78 is 57.5. The summed E-state index contributed by atoms with van der Waals surface area (Å²) in [6.45, 7) is 4.69. The topological polar surface area (TPSA) is 107 Å². The Morgan fingerprint density at radius 1 is 1.08 bits per heavy atom. The van der Waals surface area contributed by atoms with Gasteiger partial charge in [0.05, 0.1) is 21.5 Å². The average Bonchev–Trinajstić information content (AvgIpc) is 3.60. The zero-order chi connectivity index (χ0) is 26.7. The zero-order valence-electron chi connectivity index (χ0n) is 20.5. The highest BCUT2D eigenvalue weighted by Crippen LogP contribution is 2.44. The number of hydrogen-bond donors (Lipinski definition) is 2. The second-order valence-electron chi connectivity index (χ2n) is 10.2. The van der Waals surface area contributed by atoms with E-state index in [1.807, 2.05) is 6.07 Å². The van der Waals surface area contributed by atoms with Crippen LogP contribution < -0.4 is 10.5 Å². The van der Waals surface area contributed by atoms with Crippen molar-refractivity contribution >= 4 is 32.7 Å². The Hall–Kier alpha value is -3.79. The van der Waals surface area contributed by atoms with E-state index in [2.05, 4.69) is 9.71 Å². The fourth-order valence-electron chi connectivity index (χ4n) is 4.30. The van der Waals surface area contributed by atoms with Crippen molar-refractivity contribution in [1.82, 2.24) is 9.55 Å². The van der Waals surface area contributed by atoms with Crippen LogP contribution in [0.15, 0.2) is 54.7 Å². The molecule has 1 aliphatic carbocycles. The summed E-state index contributed by atoms with van der Waals surface area (Å²) >= 11 is 0. The van der Waals surface area contributed by atoms with E-state index in [4.69, 9.17) is 5.73 Å². The number of sulfonamides is 1. The first-order chi connectivity index (χ1) is 17.4. The number of aromatic nitrogens is 2. The van der Waals surface area contributed by atoms with E-state index in [9.17, 15) is 17.6 Å². The van der Waals surface area contributed by atoms with Gasteiger partial charge in [0, 0.05) is 22.8 Å². The van der Waals surface area contributed by atoms with E-state index >= 15 is 4.39 Å². The van der Waals surface area contributed by atoms with Gasteiger partial charge >= 0.3 is 0 Å². The van der Waals surface area contributed by atoms with E-state index in [1.165, 1.54) is 42.6 Å². The van der Waals surface area contributed by atoms with E-state index < -0.39 is 32.3 Å². The smallest absolute Gasteiger partial charge is 0.251 e. The lowest BCUT2D eigenvalue weighted by Crippen LogP contribution is -2.33. The van der Waals surface area contributed by atoms with Crippen LogP contribution in [0.1, 0.15) is 55.5 Å². The van der Waals surface area contributed by atoms with Crippen molar-refractivity contribution in [2.45, 2.75) is 44.3 Å². The molecule has 7 nitrogen and oxygen atoms in total. The molecule has 0 aliphatic heterocycles. The largest absolute Gasteiger partial charge is 0.366 e. The normalized spacial score (nSPS) is 14.2. The number of carbonyl (C=O) groups excluding carboxylic acids is 1. The molecule has 0 saturated heterocycles. The number of benzene rings is 2. The van der Waals surface area contributed by atoms with Crippen molar-refractivity contribution in [3.63, 3.8) is 0 Å². The van der Waals surface area contributed by atoms with Crippen LogP contribution in [0.3, 0.4) is 0 Å². The van der Waals surface area contributed by atoms with Crippen LogP contribution in [0.2, 0.25) is 0 Å². The Labute approximate surface area is 213 Å². The van der Waals surface area contributed by atoms with Crippen molar-refractivity contribution in [3.05, 3.63) is 77.5 Å². The van der Waals surface area contributed by atoms with Crippen LogP contribution in [0.25, 0.3) is 27.8 Å². The molecule has 0 bridgehead atoms. The minimum Gasteiger partial charge on any atom is -0.366 e. The highest BCUT2D eigenvalue weighted by atomic mass is 32.2. The Balaban J connectivity index is 1.75. The number of amides is 1. The molecule has 10 heteroatoms. The van der Waals surface area contributed by atoms with Gasteiger partial charge in [0.1, 0.15) is 17.5 Å². The third-order valence-electron chi connectivity index (χ3n) is 6.51. The molecule has 1 fully saturated rings. The lowest BCUT2D eigenvalue weighted by atomic mass is 10.0. The Kier molecular flexibility index (Phi) is 5.82. The molecule has 5 rings (SSSR count). The number of nitrogens with two attached hydrogens (primary N) is 1. The fourth-order valence-corrected chi connectivity index (χ4v) is 5.00. The summed E-state index contributed by atoms with van der Waals surface area (Å²) in [7, 11) is -3.72. The van der Waals surface area contributed by atoms with Crippen molar-refractivity contribution in [1.29, 1.82) is 0 Å². The van der Waals surface area contributed by atoms with Gasteiger partial charge in [-0.3, -0.25) is 9.52 Å². The van der Waals surface area contributed by atoms with Gasteiger partial charge in [-0.25, -0.2) is 22.2 Å². The molecule has 0 unspecified atom stereocenters. The summed E-state index contributed by atoms with van der Waals surface area (Å²) in [5.74, 6) is -1.52. The maximum absolute atomic E-state index is 15.5. The van der Waals surface area contributed by atoms with Crippen LogP contribution in [-0.2, 0) is 10.0 Å². The molecule has 1 aliphatic rings. The minimum absolute atomic E-state index is 0.0380. The van der Waals surface area contributed by atoms with Gasteiger partial charge in [0.15, 0.2) is 0 Å². The summed E-state index contributed by atoms with van der Waals surface area (Å²) in [6, 6.07) is 11.9. The van der Waals surface area contributed by atoms with E-state index in [0.29, 0.717) is 16.8 Å². The van der Waals surface area contributed by atoms with Crippen molar-refractivity contribution in [3.8, 4) is 16.9 Å². The van der Waals surface area contributed by atoms with E-state index in [0.717, 1.165) is 18.4 Å². The van der Waals surface area contributed by atoms with E-state index in [-0.39, 0.29) is 28.4 Å². The number of pyridine rings is 1. The molecule has 192 valence electrons. The molecule has 3 N–H and O–H groups in total. The van der Waals surface area contributed by atoms with Gasteiger partial charge in [-0.1, -0.05) is 0 Å². The first kappa shape index (κ1) is 24.9. The van der Waals surface area contributed by atoms with Crippen LogP contribution in [0.4, 0.5) is 14.6 Å². The zero-order valence-corrected chi connectivity index (χ0v) is 21.4. The minimum atomic E-state index is -3.72. The van der Waals surface area contributed by atoms with Crippen molar-refractivity contribution < 1.29 is 22.0 Å². The Bertz CT molecular complexity index is 1630.